The molecule has 0 spiro atoms. The monoisotopic (exact) mass is 557 g/mol. The number of aromatic nitrogens is 2. The van der Waals surface area contributed by atoms with Crippen LogP contribution in [0.5, 0.6) is 0 Å². The molecule has 0 atom stereocenters. The van der Waals surface area contributed by atoms with E-state index in [1.165, 1.54) is 0 Å². The molecular weight excluding hydrogens is 527 g/mol. The summed E-state index contributed by atoms with van der Waals surface area (Å²) in [4.78, 5) is 11.2. The number of benzene rings is 2. The number of hydrogen-bond donors (Lipinski definition) is 2. The largest absolute Gasteiger partial charge is 0.404 e. The lowest BCUT2D eigenvalue weighted by molar-refractivity contribution is 1.28. The van der Waals surface area contributed by atoms with E-state index in [0.29, 0.717) is 4.91 Å². The first kappa shape index (κ1) is 28.7. The van der Waals surface area contributed by atoms with Crippen molar-refractivity contribution in [1.82, 2.24) is 9.97 Å². The van der Waals surface area contributed by atoms with E-state index in [1.807, 2.05) is 67.0 Å². The van der Waals surface area contributed by atoms with Crippen molar-refractivity contribution in [3.05, 3.63) is 133 Å². The van der Waals surface area contributed by atoms with Gasteiger partial charge in [0.15, 0.2) is 0 Å². The highest BCUT2D eigenvalue weighted by atomic mass is 32.2. The quantitative estimate of drug-likeness (QED) is 0.191. The second-order valence-electron chi connectivity index (χ2n) is 8.79. The number of thiol groups is 1. The molecule has 0 aliphatic heterocycles. The van der Waals surface area contributed by atoms with Crippen molar-refractivity contribution in [1.29, 1.82) is 0 Å². The summed E-state index contributed by atoms with van der Waals surface area (Å²) >= 11 is 5.94. The van der Waals surface area contributed by atoms with Crippen molar-refractivity contribution in [2.45, 2.75) is 0 Å². The van der Waals surface area contributed by atoms with Gasteiger partial charge in [-0.15, -0.1) is 24.4 Å². The van der Waals surface area contributed by atoms with Crippen LogP contribution in [-0.4, -0.2) is 16.2 Å². The molecule has 5 heteroatoms. The fourth-order valence-electron chi connectivity index (χ4n) is 4.79. The molecule has 4 aromatic rings. The highest BCUT2D eigenvalue weighted by Gasteiger charge is 2.18. The van der Waals surface area contributed by atoms with Gasteiger partial charge in [0, 0.05) is 27.1 Å². The van der Waals surface area contributed by atoms with E-state index in [0.717, 1.165) is 72.2 Å². The van der Waals surface area contributed by atoms with E-state index in [4.69, 9.17) is 15.7 Å². The molecule has 0 aliphatic carbocycles. The zero-order valence-electron chi connectivity index (χ0n) is 22.5. The van der Waals surface area contributed by atoms with E-state index in [1.54, 1.807) is 18.0 Å². The first-order chi connectivity index (χ1) is 19.4. The number of rotatable bonds is 10. The van der Waals surface area contributed by atoms with Crippen LogP contribution in [0.15, 0.2) is 99.8 Å². The van der Waals surface area contributed by atoms with E-state index in [2.05, 4.69) is 69.8 Å². The van der Waals surface area contributed by atoms with Gasteiger partial charge in [-0.25, -0.2) is 9.97 Å². The molecule has 2 aromatic carbocycles. The first-order valence-corrected chi connectivity index (χ1v) is 14.2. The Hall–Kier alpha value is -4.32. The standard InChI is InChI=1S/C35H31N3S2/c1-7-23-25(9-3)29(32-14-11-13-31(37-32)22(5)39)19-17-27(23)28-18-20-30(26(10-4)24(28)8-2)33-15-12-16-34(38-33)35(21-36)40-6/h7-21,39H,1-5,36H2,6H3/b35-21-. The van der Waals surface area contributed by atoms with Gasteiger partial charge >= 0.3 is 0 Å². The summed E-state index contributed by atoms with van der Waals surface area (Å²) in [5, 5.41) is 0. The third-order valence-electron chi connectivity index (χ3n) is 6.65. The van der Waals surface area contributed by atoms with Gasteiger partial charge in [0.1, 0.15) is 0 Å². The van der Waals surface area contributed by atoms with Crippen LogP contribution in [0.25, 0.3) is 67.8 Å². The molecule has 2 aromatic heterocycles. The first-order valence-electron chi connectivity index (χ1n) is 12.6. The fraction of sp³-hybridized carbons (Fsp3) is 0.0286. The third kappa shape index (κ3) is 5.39. The number of hydrogen-bond acceptors (Lipinski definition) is 5. The van der Waals surface area contributed by atoms with Gasteiger partial charge in [-0.3, -0.25) is 0 Å². The molecule has 0 aliphatic rings. The Kier molecular flexibility index (Phi) is 9.10. The SMILES string of the molecule is C=Cc1c(-c2cccc(C(=C)S)n2)ccc(-c2ccc(-c3cccc(/C(=C/N)SC)n3)c(C=C)c2C=C)c1C=C. The van der Waals surface area contributed by atoms with Crippen LogP contribution < -0.4 is 5.73 Å². The highest BCUT2D eigenvalue weighted by Crippen LogP contribution is 2.40. The van der Waals surface area contributed by atoms with E-state index < -0.39 is 0 Å². The summed E-state index contributed by atoms with van der Waals surface area (Å²) in [5.41, 5.74) is 16.7. The van der Waals surface area contributed by atoms with Crippen molar-refractivity contribution in [3.63, 3.8) is 0 Å². The Balaban J connectivity index is 1.93. The van der Waals surface area contributed by atoms with Gasteiger partial charge in [0.05, 0.1) is 22.8 Å². The highest BCUT2D eigenvalue weighted by molar-refractivity contribution is 8.07. The summed E-state index contributed by atoms with van der Waals surface area (Å²) in [6, 6.07) is 20.1. The predicted octanol–water partition coefficient (Wildman–Crippen LogP) is 9.57. The Morgan fingerprint density at radius 2 is 1.07 bits per heavy atom. The summed E-state index contributed by atoms with van der Waals surface area (Å²) < 4.78 is 0. The molecule has 0 saturated carbocycles. The Morgan fingerprint density at radius 1 is 0.675 bits per heavy atom. The molecule has 2 N–H and O–H groups in total. The lowest BCUT2D eigenvalue weighted by Gasteiger charge is -2.19. The third-order valence-corrected chi connectivity index (χ3v) is 7.66. The van der Waals surface area contributed by atoms with Crippen LogP contribution in [0.2, 0.25) is 0 Å². The van der Waals surface area contributed by atoms with Gasteiger partial charge in [0.25, 0.3) is 0 Å². The maximum atomic E-state index is 5.83. The van der Waals surface area contributed by atoms with Crippen LogP contribution in [0, 0.1) is 0 Å². The zero-order chi connectivity index (χ0) is 28.8. The van der Waals surface area contributed by atoms with E-state index in [-0.39, 0.29) is 0 Å². The van der Waals surface area contributed by atoms with Crippen LogP contribution in [-0.2, 0) is 0 Å². The van der Waals surface area contributed by atoms with E-state index >= 15 is 0 Å². The van der Waals surface area contributed by atoms with Crippen molar-refractivity contribution >= 4 is 58.5 Å². The number of thioether (sulfide) groups is 1. The van der Waals surface area contributed by atoms with Gasteiger partial charge in [-0.1, -0.05) is 93.6 Å². The maximum Gasteiger partial charge on any atom is 0.0787 e. The Labute approximate surface area is 246 Å². The van der Waals surface area contributed by atoms with Crippen LogP contribution in [0.1, 0.15) is 33.6 Å². The zero-order valence-corrected chi connectivity index (χ0v) is 24.2. The minimum atomic E-state index is 0.610. The van der Waals surface area contributed by atoms with Crippen LogP contribution in [0.4, 0.5) is 0 Å². The molecule has 0 unspecified atom stereocenters. The normalized spacial score (nSPS) is 11.1. The van der Waals surface area contributed by atoms with Gasteiger partial charge in [0.2, 0.25) is 0 Å². The molecule has 0 bridgehead atoms. The van der Waals surface area contributed by atoms with Gasteiger partial charge < -0.3 is 5.73 Å². The molecule has 4 rings (SSSR count). The van der Waals surface area contributed by atoms with E-state index in [9.17, 15) is 0 Å². The lowest BCUT2D eigenvalue weighted by Crippen LogP contribution is -1.99. The van der Waals surface area contributed by atoms with Crippen molar-refractivity contribution in [2.75, 3.05) is 6.26 Å². The number of nitrogens with two attached hydrogens (primary N) is 1. The fourth-order valence-corrected chi connectivity index (χ4v) is 5.38. The lowest BCUT2D eigenvalue weighted by atomic mass is 9.85. The number of nitrogens with zero attached hydrogens (tertiary/aromatic N) is 2. The smallest absolute Gasteiger partial charge is 0.0787 e. The summed E-state index contributed by atoms with van der Waals surface area (Å²) in [5.74, 6) is 0. The summed E-state index contributed by atoms with van der Waals surface area (Å²) in [7, 11) is 0. The number of pyridine rings is 2. The second kappa shape index (κ2) is 12.7. The molecule has 3 nitrogen and oxygen atoms in total. The van der Waals surface area contributed by atoms with Crippen LogP contribution in [0.3, 0.4) is 0 Å². The van der Waals surface area contributed by atoms with Gasteiger partial charge in [-0.2, -0.15) is 0 Å². The molecule has 40 heavy (non-hydrogen) atoms. The maximum absolute atomic E-state index is 5.83. The average Bonchev–Trinajstić information content (AvgIpc) is 3.00. The predicted molar refractivity (Wildman–Crippen MR) is 182 cm³/mol. The molecule has 0 amide bonds. The molecule has 0 saturated heterocycles. The van der Waals surface area contributed by atoms with Crippen molar-refractivity contribution < 1.29 is 0 Å². The topological polar surface area (TPSA) is 51.8 Å². The van der Waals surface area contributed by atoms with Crippen molar-refractivity contribution in [3.8, 4) is 33.6 Å². The molecule has 198 valence electrons. The van der Waals surface area contributed by atoms with Crippen LogP contribution >= 0.6 is 24.4 Å². The second-order valence-corrected chi connectivity index (χ2v) is 10.2. The Morgan fingerprint density at radius 3 is 1.48 bits per heavy atom. The summed E-state index contributed by atoms with van der Waals surface area (Å²) in [6.45, 7) is 20.5. The molecule has 2 heterocycles. The minimum Gasteiger partial charge on any atom is -0.404 e. The summed E-state index contributed by atoms with van der Waals surface area (Å²) in [6.07, 6.45) is 11.0. The minimum absolute atomic E-state index is 0.610. The molecular formula is C35H31N3S2. The Bertz CT molecular complexity index is 1700. The van der Waals surface area contributed by atoms with Crippen molar-refractivity contribution in [2.24, 2.45) is 5.73 Å². The molecule has 0 radical (unpaired) electrons. The van der Waals surface area contributed by atoms with Gasteiger partial charge in [-0.05, 0) is 63.9 Å². The average molecular weight is 558 g/mol. The molecule has 0 fully saturated rings.